The van der Waals surface area contributed by atoms with E-state index >= 15 is 0 Å². The molecule has 0 radical (unpaired) electrons. The average Bonchev–Trinajstić information content (AvgIpc) is 2.66. The van der Waals surface area contributed by atoms with Crippen LogP contribution in [0.4, 0.5) is 0 Å². The minimum absolute atomic E-state index is 0.645. The van der Waals surface area contributed by atoms with E-state index in [0.717, 1.165) is 12.3 Å². The van der Waals surface area contributed by atoms with Crippen LogP contribution in [0.1, 0.15) is 82.3 Å². The second-order valence-corrected chi connectivity index (χ2v) is 7.68. The fourth-order valence-electron chi connectivity index (χ4n) is 3.74. The molecular weight excluding hydrogens is 300 g/mol. The van der Waals surface area contributed by atoms with Crippen molar-refractivity contribution in [2.45, 2.75) is 77.6 Å². The largest absolute Gasteiger partial charge is 0.0654 e. The molecule has 136 valence electrons. The van der Waals surface area contributed by atoms with Crippen LogP contribution in [0.3, 0.4) is 0 Å². The molecule has 0 amide bonds. The van der Waals surface area contributed by atoms with Gasteiger partial charge in [0.15, 0.2) is 0 Å². The Morgan fingerprint density at radius 3 is 2.00 bits per heavy atom. The van der Waals surface area contributed by atoms with Crippen LogP contribution in [0.25, 0.3) is 0 Å². The summed E-state index contributed by atoms with van der Waals surface area (Å²) in [4.78, 5) is 0. The fraction of sp³-hybridized carbons (Fsp3) is 0.520. The smallest absolute Gasteiger partial charge is 0.0121 e. The van der Waals surface area contributed by atoms with E-state index in [-0.39, 0.29) is 0 Å². The van der Waals surface area contributed by atoms with Gasteiger partial charge in [-0.15, -0.1) is 0 Å². The number of unbranched alkanes of at least 4 members (excludes halogenated alkanes) is 4. The Hall–Kier alpha value is -1.56. The van der Waals surface area contributed by atoms with Crippen molar-refractivity contribution in [3.8, 4) is 0 Å². The third-order valence-corrected chi connectivity index (χ3v) is 5.40. The van der Waals surface area contributed by atoms with Crippen molar-refractivity contribution >= 4 is 0 Å². The summed E-state index contributed by atoms with van der Waals surface area (Å²) in [5, 5.41) is 0. The third-order valence-electron chi connectivity index (χ3n) is 5.40. The first-order valence-electron chi connectivity index (χ1n) is 10.4. The van der Waals surface area contributed by atoms with Gasteiger partial charge in [-0.05, 0) is 35.8 Å². The molecule has 0 aromatic heterocycles. The van der Waals surface area contributed by atoms with Gasteiger partial charge in [-0.3, -0.25) is 0 Å². The van der Waals surface area contributed by atoms with Crippen molar-refractivity contribution in [1.82, 2.24) is 0 Å². The van der Waals surface area contributed by atoms with Gasteiger partial charge in [0.25, 0.3) is 0 Å². The molecule has 2 aromatic carbocycles. The van der Waals surface area contributed by atoms with Crippen molar-refractivity contribution in [2.24, 2.45) is 5.92 Å². The van der Waals surface area contributed by atoms with Crippen LogP contribution in [0.2, 0.25) is 0 Å². The molecule has 0 N–H and O–H groups in total. The van der Waals surface area contributed by atoms with E-state index in [4.69, 9.17) is 0 Å². The molecule has 25 heavy (non-hydrogen) atoms. The lowest BCUT2D eigenvalue weighted by Gasteiger charge is -2.20. The molecule has 2 rings (SSSR count). The molecule has 0 saturated carbocycles. The molecule has 0 bridgehead atoms. The predicted molar refractivity (Wildman–Crippen MR) is 111 cm³/mol. The van der Waals surface area contributed by atoms with Gasteiger partial charge >= 0.3 is 0 Å². The van der Waals surface area contributed by atoms with Crippen LogP contribution in [-0.2, 0) is 6.42 Å². The predicted octanol–water partition coefficient (Wildman–Crippen LogP) is 7.79. The molecule has 0 spiro atoms. The number of benzene rings is 2. The van der Waals surface area contributed by atoms with E-state index in [1.165, 1.54) is 62.5 Å². The van der Waals surface area contributed by atoms with E-state index in [1.807, 2.05) is 0 Å². The third kappa shape index (κ3) is 7.90. The van der Waals surface area contributed by atoms with Crippen LogP contribution in [0, 0.1) is 5.92 Å². The zero-order valence-electron chi connectivity index (χ0n) is 16.3. The quantitative estimate of drug-likeness (QED) is 0.347. The van der Waals surface area contributed by atoms with Crippen molar-refractivity contribution in [3.63, 3.8) is 0 Å². The van der Waals surface area contributed by atoms with E-state index in [1.54, 1.807) is 0 Å². The van der Waals surface area contributed by atoms with Crippen molar-refractivity contribution in [3.05, 3.63) is 71.8 Å². The van der Waals surface area contributed by atoms with Gasteiger partial charge < -0.3 is 0 Å². The SMILES string of the molecule is CCCCCCCC(C)CCC(Cc1ccccc1)c1ccccc1. The molecular formula is C25H36. The summed E-state index contributed by atoms with van der Waals surface area (Å²) in [6.07, 6.45) is 12.2. The van der Waals surface area contributed by atoms with Crippen molar-refractivity contribution in [1.29, 1.82) is 0 Å². The number of hydrogen-bond donors (Lipinski definition) is 0. The Morgan fingerprint density at radius 2 is 1.32 bits per heavy atom. The molecule has 0 aliphatic rings. The maximum Gasteiger partial charge on any atom is -0.0121 e. The number of rotatable bonds is 12. The first kappa shape index (κ1) is 19.8. The Kier molecular flexibility index (Phi) is 9.41. The summed E-state index contributed by atoms with van der Waals surface area (Å²) >= 11 is 0. The van der Waals surface area contributed by atoms with Gasteiger partial charge in [-0.2, -0.15) is 0 Å². The minimum Gasteiger partial charge on any atom is -0.0654 e. The van der Waals surface area contributed by atoms with Crippen LogP contribution >= 0.6 is 0 Å². The van der Waals surface area contributed by atoms with E-state index < -0.39 is 0 Å². The second-order valence-electron chi connectivity index (χ2n) is 7.68. The molecule has 0 aliphatic carbocycles. The van der Waals surface area contributed by atoms with Crippen LogP contribution < -0.4 is 0 Å². The van der Waals surface area contributed by atoms with E-state index in [0.29, 0.717) is 5.92 Å². The first-order chi connectivity index (χ1) is 12.3. The summed E-state index contributed by atoms with van der Waals surface area (Å²) in [5.41, 5.74) is 2.96. The zero-order valence-corrected chi connectivity index (χ0v) is 16.3. The highest BCUT2D eigenvalue weighted by molar-refractivity contribution is 5.24. The lowest BCUT2D eigenvalue weighted by atomic mass is 9.85. The zero-order chi connectivity index (χ0) is 17.7. The van der Waals surface area contributed by atoms with Crippen LogP contribution in [0.15, 0.2) is 60.7 Å². The maximum atomic E-state index is 2.45. The molecule has 0 saturated heterocycles. The summed E-state index contributed by atoms with van der Waals surface area (Å²) in [6.45, 7) is 4.74. The normalized spacial score (nSPS) is 13.5. The fourth-order valence-corrected chi connectivity index (χ4v) is 3.74. The van der Waals surface area contributed by atoms with Crippen molar-refractivity contribution in [2.75, 3.05) is 0 Å². The Labute approximate surface area is 155 Å². The highest BCUT2D eigenvalue weighted by Crippen LogP contribution is 2.28. The average molecular weight is 337 g/mol. The summed E-state index contributed by atoms with van der Waals surface area (Å²) in [7, 11) is 0. The van der Waals surface area contributed by atoms with Gasteiger partial charge in [-0.1, -0.05) is 119 Å². The van der Waals surface area contributed by atoms with E-state index in [9.17, 15) is 0 Å². The monoisotopic (exact) mass is 336 g/mol. The van der Waals surface area contributed by atoms with Crippen LogP contribution in [0.5, 0.6) is 0 Å². The van der Waals surface area contributed by atoms with Gasteiger partial charge in [0.05, 0.1) is 0 Å². The Bertz CT molecular complexity index is 543. The molecule has 2 aromatic rings. The molecule has 2 unspecified atom stereocenters. The van der Waals surface area contributed by atoms with Gasteiger partial charge in [0.1, 0.15) is 0 Å². The molecule has 0 heterocycles. The minimum atomic E-state index is 0.645. The second kappa shape index (κ2) is 11.9. The topological polar surface area (TPSA) is 0 Å². The standard InChI is InChI=1S/C25H36/c1-3-4-5-6-9-14-22(2)19-20-25(24-17-12-8-13-18-24)21-23-15-10-7-11-16-23/h7-8,10-13,15-18,22,25H,3-6,9,14,19-21H2,1-2H3. The van der Waals surface area contributed by atoms with Crippen LogP contribution in [-0.4, -0.2) is 0 Å². The summed E-state index contributed by atoms with van der Waals surface area (Å²) in [5.74, 6) is 1.50. The van der Waals surface area contributed by atoms with E-state index in [2.05, 4.69) is 74.5 Å². The molecule has 0 aliphatic heterocycles. The van der Waals surface area contributed by atoms with Crippen molar-refractivity contribution < 1.29 is 0 Å². The molecule has 0 heteroatoms. The lowest BCUT2D eigenvalue weighted by Crippen LogP contribution is -2.06. The summed E-state index contributed by atoms with van der Waals surface area (Å²) in [6, 6.07) is 22.1. The molecule has 0 nitrogen and oxygen atoms in total. The summed E-state index contributed by atoms with van der Waals surface area (Å²) < 4.78 is 0. The lowest BCUT2D eigenvalue weighted by molar-refractivity contribution is 0.422. The number of hydrogen-bond acceptors (Lipinski definition) is 0. The first-order valence-corrected chi connectivity index (χ1v) is 10.4. The highest BCUT2D eigenvalue weighted by atomic mass is 14.2. The van der Waals surface area contributed by atoms with Gasteiger partial charge in [0.2, 0.25) is 0 Å². The van der Waals surface area contributed by atoms with Gasteiger partial charge in [-0.25, -0.2) is 0 Å². The highest BCUT2D eigenvalue weighted by Gasteiger charge is 2.14. The van der Waals surface area contributed by atoms with Gasteiger partial charge in [0, 0.05) is 0 Å². The maximum absolute atomic E-state index is 2.45. The Balaban J connectivity index is 1.84. The molecule has 2 atom stereocenters. The Morgan fingerprint density at radius 1 is 0.680 bits per heavy atom. The molecule has 0 fully saturated rings.